The van der Waals surface area contributed by atoms with Gasteiger partial charge in [0, 0.05) is 6.54 Å². The van der Waals surface area contributed by atoms with E-state index >= 15 is 0 Å². The van der Waals surface area contributed by atoms with Gasteiger partial charge in [-0.3, -0.25) is 4.98 Å². The molecule has 0 radical (unpaired) electrons. The van der Waals surface area contributed by atoms with Crippen molar-refractivity contribution in [3.8, 4) is 0 Å². The molecular weight excluding hydrogens is 142 g/mol. The lowest BCUT2D eigenvalue weighted by molar-refractivity contribution is 0.771. The Bertz CT molecular complexity index is 272. The standard InChI is InChI=1S/C7H11N3O/c11-7-9-5-3-1-2-4-8-6(5)10-7/h8H,1-4H2,(H2,9,10,11). The molecule has 0 atom stereocenters. The van der Waals surface area contributed by atoms with Crippen LogP contribution in [0.15, 0.2) is 4.79 Å². The van der Waals surface area contributed by atoms with E-state index in [1.165, 1.54) is 6.42 Å². The molecule has 1 aromatic rings. The average molecular weight is 153 g/mol. The summed E-state index contributed by atoms with van der Waals surface area (Å²) in [7, 11) is 0. The number of aryl methyl sites for hydroxylation is 1. The highest BCUT2D eigenvalue weighted by Crippen LogP contribution is 2.14. The van der Waals surface area contributed by atoms with Crippen molar-refractivity contribution in [1.82, 2.24) is 9.97 Å². The summed E-state index contributed by atoms with van der Waals surface area (Å²) in [6.07, 6.45) is 3.29. The molecule has 60 valence electrons. The van der Waals surface area contributed by atoms with E-state index in [4.69, 9.17) is 0 Å². The molecule has 0 bridgehead atoms. The second-order valence-corrected chi connectivity index (χ2v) is 2.82. The second-order valence-electron chi connectivity index (χ2n) is 2.82. The summed E-state index contributed by atoms with van der Waals surface area (Å²) >= 11 is 0. The van der Waals surface area contributed by atoms with E-state index in [0.717, 1.165) is 30.9 Å². The first-order valence-corrected chi connectivity index (χ1v) is 3.91. The smallest absolute Gasteiger partial charge is 0.324 e. The topological polar surface area (TPSA) is 60.7 Å². The van der Waals surface area contributed by atoms with Crippen LogP contribution in [0.5, 0.6) is 0 Å². The van der Waals surface area contributed by atoms with Crippen molar-refractivity contribution in [1.29, 1.82) is 0 Å². The van der Waals surface area contributed by atoms with E-state index < -0.39 is 0 Å². The average Bonchev–Trinajstić information content (AvgIpc) is 2.17. The van der Waals surface area contributed by atoms with Gasteiger partial charge in [0.25, 0.3) is 0 Å². The monoisotopic (exact) mass is 153 g/mol. The van der Waals surface area contributed by atoms with Gasteiger partial charge in [-0.2, -0.15) is 0 Å². The summed E-state index contributed by atoms with van der Waals surface area (Å²) in [5.41, 5.74) is 0.914. The maximum absolute atomic E-state index is 10.8. The van der Waals surface area contributed by atoms with Crippen molar-refractivity contribution in [2.75, 3.05) is 11.9 Å². The van der Waals surface area contributed by atoms with E-state index in [0.29, 0.717) is 0 Å². The molecule has 11 heavy (non-hydrogen) atoms. The second kappa shape index (κ2) is 2.45. The van der Waals surface area contributed by atoms with Gasteiger partial charge in [-0.05, 0) is 19.3 Å². The van der Waals surface area contributed by atoms with Gasteiger partial charge in [-0.25, -0.2) is 4.79 Å². The van der Waals surface area contributed by atoms with Crippen LogP contribution in [-0.4, -0.2) is 16.5 Å². The molecule has 0 aliphatic carbocycles. The third-order valence-corrected chi connectivity index (χ3v) is 1.96. The molecular formula is C7H11N3O. The molecule has 2 rings (SSSR count). The van der Waals surface area contributed by atoms with Gasteiger partial charge >= 0.3 is 5.69 Å². The first-order chi connectivity index (χ1) is 5.36. The number of fused-ring (bicyclic) bond motifs is 1. The SMILES string of the molecule is O=c1[nH]c2c([nH]1)NCCCC2. The van der Waals surface area contributed by atoms with Crippen LogP contribution in [-0.2, 0) is 6.42 Å². The maximum Gasteiger partial charge on any atom is 0.324 e. The molecule has 1 aliphatic heterocycles. The van der Waals surface area contributed by atoms with Gasteiger partial charge in [-0.1, -0.05) is 0 Å². The quantitative estimate of drug-likeness (QED) is 0.507. The summed E-state index contributed by atoms with van der Waals surface area (Å²) < 4.78 is 0. The molecule has 0 aromatic carbocycles. The Kier molecular flexibility index (Phi) is 1.45. The molecule has 1 aromatic heterocycles. The van der Waals surface area contributed by atoms with Crippen LogP contribution in [0.3, 0.4) is 0 Å². The molecule has 0 saturated heterocycles. The first-order valence-electron chi connectivity index (χ1n) is 3.91. The third kappa shape index (κ3) is 1.15. The number of aromatic amines is 2. The summed E-state index contributed by atoms with van der Waals surface area (Å²) in [5.74, 6) is 0.882. The molecule has 0 spiro atoms. The minimum absolute atomic E-state index is 0.107. The highest BCUT2D eigenvalue weighted by Gasteiger charge is 2.08. The maximum atomic E-state index is 10.8. The van der Waals surface area contributed by atoms with E-state index in [9.17, 15) is 4.79 Å². The van der Waals surface area contributed by atoms with E-state index in [1.54, 1.807) is 0 Å². The Balaban J connectivity index is 2.39. The molecule has 0 saturated carbocycles. The summed E-state index contributed by atoms with van der Waals surface area (Å²) in [6.45, 7) is 0.959. The van der Waals surface area contributed by atoms with Crippen molar-refractivity contribution < 1.29 is 0 Å². The molecule has 1 aliphatic rings. The molecule has 0 amide bonds. The molecule has 4 nitrogen and oxygen atoms in total. The fourth-order valence-electron chi connectivity index (χ4n) is 1.40. The molecule has 0 unspecified atom stereocenters. The summed E-state index contributed by atoms with van der Waals surface area (Å²) in [6, 6.07) is 0. The van der Waals surface area contributed by atoms with Crippen molar-refractivity contribution >= 4 is 5.82 Å². The largest absolute Gasteiger partial charge is 0.370 e. The van der Waals surface area contributed by atoms with Gasteiger partial charge in [-0.15, -0.1) is 0 Å². The zero-order valence-electron chi connectivity index (χ0n) is 6.24. The first kappa shape index (κ1) is 6.52. The lowest BCUT2D eigenvalue weighted by Gasteiger charge is -1.97. The fraction of sp³-hybridized carbons (Fsp3) is 0.571. The number of hydrogen-bond donors (Lipinski definition) is 3. The third-order valence-electron chi connectivity index (χ3n) is 1.96. The zero-order valence-corrected chi connectivity index (χ0v) is 6.24. The van der Waals surface area contributed by atoms with E-state index in [2.05, 4.69) is 15.3 Å². The predicted octanol–water partition coefficient (Wildman–Crippen LogP) is 0.451. The number of nitrogens with one attached hydrogen (secondary N) is 3. The van der Waals surface area contributed by atoms with Gasteiger partial charge in [0.15, 0.2) is 0 Å². The zero-order chi connectivity index (χ0) is 7.68. The minimum Gasteiger partial charge on any atom is -0.370 e. The van der Waals surface area contributed by atoms with Crippen LogP contribution < -0.4 is 11.0 Å². The van der Waals surface area contributed by atoms with Gasteiger partial charge < -0.3 is 10.3 Å². The van der Waals surface area contributed by atoms with Crippen LogP contribution in [0.4, 0.5) is 5.82 Å². The number of imidazole rings is 1. The molecule has 0 fully saturated rings. The fourth-order valence-corrected chi connectivity index (χ4v) is 1.40. The predicted molar refractivity (Wildman–Crippen MR) is 42.8 cm³/mol. The van der Waals surface area contributed by atoms with Crippen molar-refractivity contribution in [3.63, 3.8) is 0 Å². The Morgan fingerprint density at radius 1 is 1.18 bits per heavy atom. The van der Waals surface area contributed by atoms with E-state index in [-0.39, 0.29) is 5.69 Å². The highest BCUT2D eigenvalue weighted by atomic mass is 16.1. The Labute approximate surface area is 64.0 Å². The lowest BCUT2D eigenvalue weighted by Crippen LogP contribution is -2.04. The van der Waals surface area contributed by atoms with Crippen LogP contribution in [0.2, 0.25) is 0 Å². The Morgan fingerprint density at radius 3 is 3.00 bits per heavy atom. The van der Waals surface area contributed by atoms with Crippen LogP contribution >= 0.6 is 0 Å². The number of anilines is 1. The number of rotatable bonds is 0. The lowest BCUT2D eigenvalue weighted by atomic mass is 10.2. The van der Waals surface area contributed by atoms with Gasteiger partial charge in [0.05, 0.1) is 5.69 Å². The molecule has 2 heterocycles. The summed E-state index contributed by atoms with van der Waals surface area (Å²) in [4.78, 5) is 16.3. The Hall–Kier alpha value is -1.19. The number of hydrogen-bond acceptors (Lipinski definition) is 2. The van der Waals surface area contributed by atoms with Crippen LogP contribution in [0.1, 0.15) is 18.5 Å². The van der Waals surface area contributed by atoms with Crippen LogP contribution in [0.25, 0.3) is 0 Å². The Morgan fingerprint density at radius 2 is 2.09 bits per heavy atom. The van der Waals surface area contributed by atoms with Crippen molar-refractivity contribution in [2.24, 2.45) is 0 Å². The normalized spacial score (nSPS) is 16.7. The van der Waals surface area contributed by atoms with Crippen molar-refractivity contribution in [3.05, 3.63) is 16.2 Å². The molecule has 3 N–H and O–H groups in total. The summed E-state index contributed by atoms with van der Waals surface area (Å²) in [5, 5.41) is 3.16. The van der Waals surface area contributed by atoms with Crippen LogP contribution in [0, 0.1) is 0 Å². The highest BCUT2D eigenvalue weighted by molar-refractivity contribution is 5.40. The van der Waals surface area contributed by atoms with E-state index in [1.807, 2.05) is 0 Å². The van der Waals surface area contributed by atoms with Crippen molar-refractivity contribution in [2.45, 2.75) is 19.3 Å². The number of aromatic nitrogens is 2. The minimum atomic E-state index is -0.107. The van der Waals surface area contributed by atoms with Gasteiger partial charge in [0.1, 0.15) is 5.82 Å². The number of H-pyrrole nitrogens is 2. The van der Waals surface area contributed by atoms with Gasteiger partial charge in [0.2, 0.25) is 0 Å². The molecule has 4 heteroatoms.